The van der Waals surface area contributed by atoms with Crippen molar-refractivity contribution in [1.82, 2.24) is 0 Å². The Hall–Kier alpha value is -2.53. The lowest BCUT2D eigenvalue weighted by atomic mass is 10.1. The summed E-state index contributed by atoms with van der Waals surface area (Å²) in [5.41, 5.74) is 0.994. The van der Waals surface area contributed by atoms with Gasteiger partial charge in [0.2, 0.25) is 11.2 Å². The zero-order valence-corrected chi connectivity index (χ0v) is 11.7. The fraction of sp³-hybridized carbons (Fsp3) is 0.188. The second-order valence-electron chi connectivity index (χ2n) is 4.56. The molecule has 0 atom stereocenters. The van der Waals surface area contributed by atoms with Gasteiger partial charge in [-0.25, -0.2) is 0 Å². The lowest BCUT2D eigenvalue weighted by Gasteiger charge is -2.13. The second kappa shape index (κ2) is 5.10. The van der Waals surface area contributed by atoms with Crippen LogP contribution in [0.25, 0.3) is 21.9 Å². The summed E-state index contributed by atoms with van der Waals surface area (Å²) in [4.78, 5) is 12.7. The molecule has 108 valence electrons. The number of benzene rings is 2. The van der Waals surface area contributed by atoms with Gasteiger partial charge in [0, 0.05) is 0 Å². The summed E-state index contributed by atoms with van der Waals surface area (Å²) >= 11 is 0. The zero-order chi connectivity index (χ0) is 15.0. The summed E-state index contributed by atoms with van der Waals surface area (Å²) in [7, 11) is 2.97. The van der Waals surface area contributed by atoms with Crippen molar-refractivity contribution in [3.05, 3.63) is 46.1 Å². The first-order chi connectivity index (χ1) is 10.2. The number of aliphatic hydroxyl groups is 1. The predicted molar refractivity (Wildman–Crippen MR) is 79.0 cm³/mol. The zero-order valence-electron chi connectivity index (χ0n) is 11.7. The van der Waals surface area contributed by atoms with Crippen LogP contribution in [0.2, 0.25) is 0 Å². The Bertz CT molecular complexity index is 879. The number of rotatable bonds is 3. The summed E-state index contributed by atoms with van der Waals surface area (Å²) in [6, 6.07) is 8.56. The average Bonchev–Trinajstić information content (AvgIpc) is 2.53. The number of aliphatic hydroxyl groups excluding tert-OH is 1. The number of para-hydroxylation sites is 1. The number of hydrogen-bond acceptors (Lipinski definition) is 5. The molecule has 1 aromatic heterocycles. The smallest absolute Gasteiger partial charge is 0.204 e. The Balaban J connectivity index is 2.60. The molecule has 1 N–H and O–H groups in total. The third kappa shape index (κ3) is 1.94. The third-order valence-electron chi connectivity index (χ3n) is 3.45. The minimum Gasteiger partial charge on any atom is -0.493 e. The summed E-state index contributed by atoms with van der Waals surface area (Å²) < 4.78 is 16.4. The van der Waals surface area contributed by atoms with Crippen LogP contribution in [-0.2, 0) is 6.61 Å². The minimum atomic E-state index is -0.292. The third-order valence-corrected chi connectivity index (χ3v) is 3.45. The van der Waals surface area contributed by atoms with Gasteiger partial charge in [-0.2, -0.15) is 0 Å². The first kappa shape index (κ1) is 13.5. The molecule has 3 aromatic rings. The van der Waals surface area contributed by atoms with Crippen LogP contribution in [0.3, 0.4) is 0 Å². The fourth-order valence-electron chi connectivity index (χ4n) is 2.47. The van der Waals surface area contributed by atoms with Crippen LogP contribution in [0.5, 0.6) is 11.5 Å². The van der Waals surface area contributed by atoms with Crippen LogP contribution in [-0.4, -0.2) is 19.3 Å². The Morgan fingerprint density at radius 3 is 2.62 bits per heavy atom. The van der Waals surface area contributed by atoms with E-state index in [0.29, 0.717) is 33.4 Å². The second-order valence-corrected chi connectivity index (χ2v) is 4.56. The van der Waals surface area contributed by atoms with Gasteiger partial charge in [-0.05, 0) is 23.8 Å². The van der Waals surface area contributed by atoms with E-state index in [0.717, 1.165) is 0 Å². The van der Waals surface area contributed by atoms with Crippen molar-refractivity contribution in [2.75, 3.05) is 14.2 Å². The van der Waals surface area contributed by atoms with E-state index in [1.807, 2.05) is 0 Å². The van der Waals surface area contributed by atoms with E-state index >= 15 is 0 Å². The average molecular weight is 286 g/mol. The molecule has 0 radical (unpaired) electrons. The molecule has 3 rings (SSSR count). The van der Waals surface area contributed by atoms with E-state index in [1.54, 1.807) is 30.3 Å². The van der Waals surface area contributed by atoms with E-state index in [2.05, 4.69) is 0 Å². The quantitative estimate of drug-likeness (QED) is 0.749. The summed E-state index contributed by atoms with van der Waals surface area (Å²) in [5.74, 6) is 0.750. The van der Waals surface area contributed by atoms with E-state index in [9.17, 15) is 9.90 Å². The van der Waals surface area contributed by atoms with Crippen LogP contribution in [0, 0.1) is 0 Å². The molecular formula is C16H14O5. The highest BCUT2D eigenvalue weighted by molar-refractivity contribution is 5.95. The van der Waals surface area contributed by atoms with Gasteiger partial charge in [0.15, 0.2) is 11.3 Å². The monoisotopic (exact) mass is 286 g/mol. The van der Waals surface area contributed by atoms with Gasteiger partial charge in [0.25, 0.3) is 0 Å². The largest absolute Gasteiger partial charge is 0.493 e. The highest BCUT2D eigenvalue weighted by atomic mass is 16.5. The molecule has 1 heterocycles. The molecule has 0 unspecified atom stereocenters. The first-order valence-electron chi connectivity index (χ1n) is 6.41. The molecule has 0 amide bonds. The van der Waals surface area contributed by atoms with Gasteiger partial charge in [-0.15, -0.1) is 0 Å². The van der Waals surface area contributed by atoms with Crippen LogP contribution in [0.1, 0.15) is 5.56 Å². The molecule has 0 saturated carbocycles. The van der Waals surface area contributed by atoms with Crippen LogP contribution in [0.15, 0.2) is 39.5 Å². The maximum atomic E-state index is 12.7. The van der Waals surface area contributed by atoms with Gasteiger partial charge in [0.05, 0.1) is 31.6 Å². The summed E-state index contributed by atoms with van der Waals surface area (Å²) in [5, 5.41) is 10.3. The molecule has 0 spiro atoms. The number of ether oxygens (including phenoxy) is 2. The Morgan fingerprint density at radius 2 is 1.95 bits per heavy atom. The van der Waals surface area contributed by atoms with Crippen molar-refractivity contribution < 1.29 is 19.0 Å². The number of hydrogen-bond donors (Lipinski definition) is 1. The van der Waals surface area contributed by atoms with Crippen molar-refractivity contribution in [2.45, 2.75) is 6.61 Å². The van der Waals surface area contributed by atoms with Gasteiger partial charge < -0.3 is 19.0 Å². The van der Waals surface area contributed by atoms with E-state index < -0.39 is 0 Å². The van der Waals surface area contributed by atoms with Gasteiger partial charge >= 0.3 is 0 Å². The molecule has 0 aliphatic carbocycles. The lowest BCUT2D eigenvalue weighted by Crippen LogP contribution is -2.07. The molecule has 0 bridgehead atoms. The number of methoxy groups -OCH3 is 2. The SMILES string of the molecule is COc1cc(CO)c2c(=O)c3ccccc3oc2c1OC. The highest BCUT2D eigenvalue weighted by Crippen LogP contribution is 2.37. The predicted octanol–water partition coefficient (Wildman–Crippen LogP) is 2.46. The van der Waals surface area contributed by atoms with Gasteiger partial charge in [0.1, 0.15) is 5.58 Å². The summed E-state index contributed by atoms with van der Waals surface area (Å²) in [6.07, 6.45) is 0. The van der Waals surface area contributed by atoms with Crippen molar-refractivity contribution in [3.8, 4) is 11.5 Å². The van der Waals surface area contributed by atoms with Crippen LogP contribution >= 0.6 is 0 Å². The summed E-state index contributed by atoms with van der Waals surface area (Å²) in [6.45, 7) is -0.292. The Kier molecular flexibility index (Phi) is 3.27. The molecule has 5 heteroatoms. The molecular weight excluding hydrogens is 272 g/mol. The molecule has 21 heavy (non-hydrogen) atoms. The van der Waals surface area contributed by atoms with Crippen molar-refractivity contribution in [1.29, 1.82) is 0 Å². The standard InChI is InChI=1S/C16H14O5/c1-19-12-7-9(8-17)13-14(18)10-5-3-4-6-11(10)21-16(13)15(12)20-2/h3-7,17H,8H2,1-2H3. The maximum absolute atomic E-state index is 12.7. The molecule has 2 aromatic carbocycles. The Labute approximate surface area is 120 Å². The van der Waals surface area contributed by atoms with Gasteiger partial charge in [-0.3, -0.25) is 4.79 Å². The van der Waals surface area contributed by atoms with Crippen LogP contribution < -0.4 is 14.9 Å². The van der Waals surface area contributed by atoms with Gasteiger partial charge in [-0.1, -0.05) is 12.1 Å². The van der Waals surface area contributed by atoms with Crippen molar-refractivity contribution in [2.24, 2.45) is 0 Å². The first-order valence-corrected chi connectivity index (χ1v) is 6.41. The maximum Gasteiger partial charge on any atom is 0.204 e. The minimum absolute atomic E-state index is 0.197. The van der Waals surface area contributed by atoms with E-state index in [-0.39, 0.29) is 17.6 Å². The van der Waals surface area contributed by atoms with E-state index in [4.69, 9.17) is 13.9 Å². The van der Waals surface area contributed by atoms with E-state index in [1.165, 1.54) is 14.2 Å². The topological polar surface area (TPSA) is 68.9 Å². The molecule has 0 saturated heterocycles. The van der Waals surface area contributed by atoms with Crippen molar-refractivity contribution >= 4 is 21.9 Å². The number of fused-ring (bicyclic) bond motifs is 2. The fourth-order valence-corrected chi connectivity index (χ4v) is 2.47. The molecule has 0 aliphatic heterocycles. The molecule has 5 nitrogen and oxygen atoms in total. The van der Waals surface area contributed by atoms with Crippen molar-refractivity contribution in [3.63, 3.8) is 0 Å². The normalized spacial score (nSPS) is 11.0. The lowest BCUT2D eigenvalue weighted by molar-refractivity contribution is 0.281. The Morgan fingerprint density at radius 1 is 1.19 bits per heavy atom. The molecule has 0 fully saturated rings. The molecule has 0 aliphatic rings. The van der Waals surface area contributed by atoms with Crippen LogP contribution in [0.4, 0.5) is 0 Å². The highest BCUT2D eigenvalue weighted by Gasteiger charge is 2.19.